The number of aliphatic carboxylic acids is 3. The lowest BCUT2D eigenvalue weighted by Gasteiger charge is -2.45. The Labute approximate surface area is 276 Å². The summed E-state index contributed by atoms with van der Waals surface area (Å²) >= 11 is 5.99. The normalized spacial score (nSPS) is 17.5. The maximum Gasteiger partial charge on any atom is 0.490 e. The van der Waals surface area contributed by atoms with E-state index in [-0.39, 0.29) is 30.2 Å². The Kier molecular flexibility index (Phi) is 15.6. The van der Waals surface area contributed by atoms with E-state index < -0.39 is 41.7 Å². The lowest BCUT2D eigenvalue weighted by molar-refractivity contribution is -0.193. The van der Waals surface area contributed by atoms with E-state index in [0.717, 1.165) is 37.1 Å². The van der Waals surface area contributed by atoms with Crippen molar-refractivity contribution in [3.63, 3.8) is 0 Å². The van der Waals surface area contributed by atoms with Gasteiger partial charge in [0.15, 0.2) is 0 Å². The molecule has 0 spiro atoms. The molecule has 1 unspecified atom stereocenters. The van der Waals surface area contributed by atoms with Gasteiger partial charge in [-0.05, 0) is 42.5 Å². The molecule has 3 rings (SSSR count). The summed E-state index contributed by atoms with van der Waals surface area (Å²) in [5.41, 5.74) is 0.362. The molecule has 0 aliphatic carbocycles. The van der Waals surface area contributed by atoms with E-state index in [4.69, 9.17) is 41.2 Å². The molecule has 0 amide bonds. The van der Waals surface area contributed by atoms with Crippen LogP contribution in [-0.2, 0) is 27.3 Å². The van der Waals surface area contributed by atoms with Crippen molar-refractivity contribution in [3.8, 4) is 5.75 Å². The average Bonchev–Trinajstić information content (AvgIpc) is 2.93. The quantitative estimate of drug-likeness (QED) is 0.202. The summed E-state index contributed by atoms with van der Waals surface area (Å²) in [5, 5.41) is 38.4. The van der Waals surface area contributed by atoms with Gasteiger partial charge in [-0.15, -0.1) is 0 Å². The lowest BCUT2D eigenvalue weighted by atomic mass is 9.78. The number of likely N-dealkylation sites (tertiary alicyclic amines) is 1. The number of rotatable bonds is 10. The van der Waals surface area contributed by atoms with Crippen LogP contribution < -0.4 is 10.1 Å². The number of hydrogen-bond acceptors (Lipinski definition) is 7. The monoisotopic (exact) mass is 720 g/mol. The first kappa shape index (κ1) is 42.4. The molecule has 10 nitrogen and oxygen atoms in total. The molecule has 0 radical (unpaired) electrons. The second kappa shape index (κ2) is 17.6. The summed E-state index contributed by atoms with van der Waals surface area (Å²) in [7, 11) is 0. The molecule has 18 heteroatoms. The Morgan fingerprint density at radius 2 is 1.50 bits per heavy atom. The zero-order valence-electron chi connectivity index (χ0n) is 26.0. The van der Waals surface area contributed by atoms with Gasteiger partial charge in [0, 0.05) is 48.9 Å². The van der Waals surface area contributed by atoms with Crippen LogP contribution in [0.1, 0.15) is 38.3 Å². The number of piperidine rings is 1. The molecule has 1 saturated heterocycles. The van der Waals surface area contributed by atoms with Crippen molar-refractivity contribution in [1.29, 1.82) is 0 Å². The first-order valence-electron chi connectivity index (χ1n) is 14.0. The van der Waals surface area contributed by atoms with Crippen molar-refractivity contribution in [1.82, 2.24) is 10.2 Å². The molecule has 0 saturated carbocycles. The number of ether oxygens (including phenoxy) is 1. The molecule has 1 heterocycles. The van der Waals surface area contributed by atoms with Gasteiger partial charge in [0.25, 0.3) is 0 Å². The Morgan fingerprint density at radius 3 is 1.96 bits per heavy atom. The van der Waals surface area contributed by atoms with Crippen molar-refractivity contribution < 1.29 is 70.3 Å². The molecule has 5 N–H and O–H groups in total. The van der Waals surface area contributed by atoms with Crippen LogP contribution in [0.2, 0.25) is 5.02 Å². The van der Waals surface area contributed by atoms with Crippen molar-refractivity contribution in [2.45, 2.75) is 64.2 Å². The minimum atomic E-state index is -5.08. The summed E-state index contributed by atoms with van der Waals surface area (Å²) in [5.74, 6) is -6.93. The average molecular weight is 721 g/mol. The van der Waals surface area contributed by atoms with E-state index in [1.54, 1.807) is 6.92 Å². The van der Waals surface area contributed by atoms with Gasteiger partial charge in [0.2, 0.25) is 0 Å². The molecular formula is C30H36ClF7N2O8. The number of alkyl halides is 6. The molecule has 2 aromatic carbocycles. The first-order valence-corrected chi connectivity index (χ1v) is 14.4. The molecule has 1 fully saturated rings. The van der Waals surface area contributed by atoms with E-state index in [9.17, 15) is 40.6 Å². The zero-order chi connectivity index (χ0) is 37.1. The number of nitrogens with one attached hydrogen (secondary N) is 1. The van der Waals surface area contributed by atoms with E-state index in [0.29, 0.717) is 12.1 Å². The minimum Gasteiger partial charge on any atom is -0.490 e. The Balaban J connectivity index is 0.000000687. The van der Waals surface area contributed by atoms with Crippen molar-refractivity contribution >= 4 is 29.5 Å². The Bertz CT molecular complexity index is 1350. The number of carboxylic acid groups (broad SMARTS) is 3. The van der Waals surface area contributed by atoms with Crippen LogP contribution >= 0.6 is 11.6 Å². The van der Waals surface area contributed by atoms with Crippen LogP contribution in [0.25, 0.3) is 0 Å². The topological polar surface area (TPSA) is 157 Å². The first-order chi connectivity index (χ1) is 21.8. The zero-order valence-corrected chi connectivity index (χ0v) is 26.7. The summed E-state index contributed by atoms with van der Waals surface area (Å²) in [6, 6.07) is 11.9. The number of carboxylic acids is 3. The van der Waals surface area contributed by atoms with Crippen molar-refractivity contribution in [2.24, 2.45) is 5.41 Å². The highest BCUT2D eigenvalue weighted by molar-refractivity contribution is 6.30. The SMILES string of the molecule is CC1(C)CN(Cc2ccc(Cl)cc2)CCC1NC[C@](C)(O)COc1cc(F)ccc1CC(=O)O.O=C(O)C(F)(F)F.O=C(O)C(F)(F)F. The number of halogens is 8. The summed E-state index contributed by atoms with van der Waals surface area (Å²) in [6.45, 7) is 9.00. The highest BCUT2D eigenvalue weighted by Gasteiger charge is 2.39. The van der Waals surface area contributed by atoms with Gasteiger partial charge in [0.05, 0.1) is 6.42 Å². The van der Waals surface area contributed by atoms with Crippen LogP contribution in [0.4, 0.5) is 30.7 Å². The second-order valence-corrected chi connectivity index (χ2v) is 12.2. The molecular weight excluding hydrogens is 685 g/mol. The largest absolute Gasteiger partial charge is 0.490 e. The van der Waals surface area contributed by atoms with Crippen LogP contribution in [0, 0.1) is 11.2 Å². The lowest BCUT2D eigenvalue weighted by Crippen LogP contribution is -2.57. The molecule has 1 aliphatic rings. The Morgan fingerprint density at radius 1 is 0.979 bits per heavy atom. The molecule has 2 aromatic rings. The summed E-state index contributed by atoms with van der Waals surface area (Å²) in [4.78, 5) is 31.3. The third kappa shape index (κ3) is 16.0. The van der Waals surface area contributed by atoms with Crippen molar-refractivity contribution in [3.05, 3.63) is 64.4 Å². The van der Waals surface area contributed by atoms with Gasteiger partial charge in [-0.1, -0.05) is 43.6 Å². The predicted octanol–water partition coefficient (Wildman–Crippen LogP) is 5.39. The molecule has 0 bridgehead atoms. The second-order valence-electron chi connectivity index (χ2n) is 11.8. The van der Waals surface area contributed by atoms with Gasteiger partial charge in [0.1, 0.15) is 23.8 Å². The number of hydrogen-bond donors (Lipinski definition) is 5. The van der Waals surface area contributed by atoms with Gasteiger partial charge in [-0.3, -0.25) is 9.69 Å². The third-order valence-electron chi connectivity index (χ3n) is 6.75. The summed E-state index contributed by atoms with van der Waals surface area (Å²) in [6.07, 6.45) is -9.51. The van der Waals surface area contributed by atoms with Gasteiger partial charge >= 0.3 is 30.3 Å². The number of benzene rings is 2. The number of aliphatic hydroxyl groups is 1. The summed E-state index contributed by atoms with van der Waals surface area (Å²) < 4.78 is 82.8. The number of carbonyl (C=O) groups is 3. The van der Waals surface area contributed by atoms with Gasteiger partial charge in [-0.2, -0.15) is 26.3 Å². The molecule has 270 valence electrons. The molecule has 1 aliphatic heterocycles. The van der Waals surface area contributed by atoms with Crippen LogP contribution in [0.3, 0.4) is 0 Å². The van der Waals surface area contributed by atoms with Gasteiger partial charge < -0.3 is 30.5 Å². The van der Waals surface area contributed by atoms with E-state index in [2.05, 4.69) is 36.2 Å². The third-order valence-corrected chi connectivity index (χ3v) is 7.00. The molecule has 48 heavy (non-hydrogen) atoms. The smallest absolute Gasteiger partial charge is 0.490 e. The minimum absolute atomic E-state index is 0.0151. The van der Waals surface area contributed by atoms with Crippen LogP contribution in [0.15, 0.2) is 42.5 Å². The number of nitrogens with zero attached hydrogens (tertiary/aromatic N) is 1. The molecule has 0 aromatic heterocycles. The van der Waals surface area contributed by atoms with Crippen LogP contribution in [-0.4, -0.2) is 93.5 Å². The highest BCUT2D eigenvalue weighted by Crippen LogP contribution is 2.31. The standard InChI is InChI=1S/C26H34ClFN2O4.2C2HF3O2/c1-25(2)16-30(14-18-4-7-20(27)8-5-18)11-10-23(25)29-15-26(3,33)17-34-22-13-21(28)9-6-19(22)12-24(31)32;2*3-2(4,5)1(6)7/h4-9,13,23,29,33H,10-12,14-17H2,1-3H3,(H,31,32);2*(H,6,7)/t23?,26-;;/m0../s1. The Hall–Kier alpha value is -3.67. The van der Waals surface area contributed by atoms with Gasteiger partial charge in [-0.25, -0.2) is 14.0 Å². The van der Waals surface area contributed by atoms with E-state index in [1.807, 2.05) is 12.1 Å². The fraction of sp³-hybridized carbons (Fsp3) is 0.500. The maximum atomic E-state index is 13.7. The van der Waals surface area contributed by atoms with E-state index in [1.165, 1.54) is 17.7 Å². The highest BCUT2D eigenvalue weighted by atomic mass is 35.5. The maximum absolute atomic E-state index is 13.7. The van der Waals surface area contributed by atoms with Crippen molar-refractivity contribution in [2.75, 3.05) is 26.2 Å². The van der Waals surface area contributed by atoms with Crippen LogP contribution in [0.5, 0.6) is 5.75 Å². The predicted molar refractivity (Wildman–Crippen MR) is 158 cm³/mol. The van der Waals surface area contributed by atoms with E-state index >= 15 is 0 Å². The fourth-order valence-corrected chi connectivity index (χ4v) is 4.55. The molecule has 2 atom stereocenters. The fourth-order valence-electron chi connectivity index (χ4n) is 4.43.